The van der Waals surface area contributed by atoms with Crippen LogP contribution >= 0.6 is 11.8 Å². The van der Waals surface area contributed by atoms with E-state index in [0.29, 0.717) is 18.5 Å². The van der Waals surface area contributed by atoms with Crippen molar-refractivity contribution in [2.24, 2.45) is 0 Å². The van der Waals surface area contributed by atoms with Crippen molar-refractivity contribution >= 4 is 34.9 Å². The number of hydrogen-bond donors (Lipinski definition) is 1. The number of benzene rings is 2. The van der Waals surface area contributed by atoms with Gasteiger partial charge in [0.05, 0.1) is 5.69 Å². The van der Waals surface area contributed by atoms with Crippen molar-refractivity contribution in [1.82, 2.24) is 14.7 Å². The van der Waals surface area contributed by atoms with Crippen LogP contribution in [0.25, 0.3) is 5.65 Å². The van der Waals surface area contributed by atoms with Crippen molar-refractivity contribution in [2.45, 2.75) is 30.0 Å². The minimum Gasteiger partial charge on any atom is -0.348 e. The van der Waals surface area contributed by atoms with Crippen LogP contribution in [0.1, 0.15) is 34.5 Å². The van der Waals surface area contributed by atoms with Crippen LogP contribution in [-0.2, 0) is 17.1 Å². The summed E-state index contributed by atoms with van der Waals surface area (Å²) in [7, 11) is 0. The number of aromatic nitrogens is 2. The first-order valence-corrected chi connectivity index (χ1v) is 12.0. The van der Waals surface area contributed by atoms with Gasteiger partial charge in [-0.1, -0.05) is 18.2 Å². The Morgan fingerprint density at radius 3 is 2.58 bits per heavy atom. The Bertz CT molecular complexity index is 1250. The number of amides is 2. The molecule has 3 heterocycles. The van der Waals surface area contributed by atoms with Crippen LogP contribution in [0.2, 0.25) is 0 Å². The van der Waals surface area contributed by atoms with E-state index in [1.54, 1.807) is 11.8 Å². The number of hydrogen-bond acceptors (Lipinski definition) is 4. The molecule has 1 fully saturated rings. The van der Waals surface area contributed by atoms with E-state index < -0.39 is 0 Å². The molecule has 5 rings (SSSR count). The van der Waals surface area contributed by atoms with Crippen molar-refractivity contribution in [1.29, 1.82) is 0 Å². The molecule has 4 aromatic rings. The van der Waals surface area contributed by atoms with Crippen LogP contribution in [0.15, 0.2) is 84.0 Å². The Kier molecular flexibility index (Phi) is 6.13. The van der Waals surface area contributed by atoms with E-state index in [0.717, 1.165) is 46.2 Å². The molecular formula is C26H24N4O2S. The molecule has 33 heavy (non-hydrogen) atoms. The third-order valence-electron chi connectivity index (χ3n) is 5.69. The van der Waals surface area contributed by atoms with Crippen molar-refractivity contribution in [3.8, 4) is 0 Å². The van der Waals surface area contributed by atoms with E-state index in [2.05, 4.69) is 10.3 Å². The van der Waals surface area contributed by atoms with Crippen LogP contribution in [-0.4, -0.2) is 27.7 Å². The van der Waals surface area contributed by atoms with Crippen molar-refractivity contribution in [2.75, 3.05) is 11.4 Å². The minimum atomic E-state index is -0.106. The first-order chi connectivity index (χ1) is 16.2. The van der Waals surface area contributed by atoms with Gasteiger partial charge in [-0.15, -0.1) is 11.8 Å². The molecule has 1 aliphatic heterocycles. The first kappa shape index (κ1) is 21.3. The number of anilines is 1. The fraction of sp³-hybridized carbons (Fsp3) is 0.192. The third kappa shape index (κ3) is 4.93. The third-order valence-corrected chi connectivity index (χ3v) is 6.74. The highest BCUT2D eigenvalue weighted by molar-refractivity contribution is 7.98. The Hall–Kier alpha value is -3.58. The highest BCUT2D eigenvalue weighted by Gasteiger charge is 2.21. The van der Waals surface area contributed by atoms with E-state index in [4.69, 9.17) is 0 Å². The standard InChI is InChI=1S/C26H24N4O2S/c31-25-5-3-15-30(25)22-10-6-19(7-11-22)16-27-26(32)20-8-12-23(13-9-20)33-18-21-17-29-14-2-1-4-24(29)28-21/h1-2,4,6-14,17H,3,5,15-16,18H2,(H,27,32). The van der Waals surface area contributed by atoms with Crippen LogP contribution < -0.4 is 10.2 Å². The van der Waals surface area contributed by atoms with Gasteiger partial charge < -0.3 is 14.6 Å². The average molecular weight is 457 g/mol. The fourth-order valence-electron chi connectivity index (χ4n) is 3.92. The maximum absolute atomic E-state index is 12.5. The van der Waals surface area contributed by atoms with Crippen LogP contribution in [0.4, 0.5) is 5.69 Å². The zero-order chi connectivity index (χ0) is 22.6. The molecule has 0 spiro atoms. The predicted octanol–water partition coefficient (Wildman–Crippen LogP) is 4.68. The molecular weight excluding hydrogens is 432 g/mol. The quantitative estimate of drug-likeness (QED) is 0.410. The zero-order valence-electron chi connectivity index (χ0n) is 18.1. The molecule has 7 heteroatoms. The number of carbonyl (C=O) groups excluding carboxylic acids is 2. The summed E-state index contributed by atoms with van der Waals surface area (Å²) < 4.78 is 2.02. The van der Waals surface area contributed by atoms with Crippen LogP contribution in [0.3, 0.4) is 0 Å². The number of imidazole rings is 1. The van der Waals surface area contributed by atoms with Gasteiger partial charge in [-0.25, -0.2) is 4.98 Å². The predicted molar refractivity (Wildman–Crippen MR) is 130 cm³/mol. The number of nitrogens with zero attached hydrogens (tertiary/aromatic N) is 3. The highest BCUT2D eigenvalue weighted by Crippen LogP contribution is 2.24. The van der Waals surface area contributed by atoms with Gasteiger partial charge in [0.1, 0.15) is 5.65 Å². The Morgan fingerprint density at radius 2 is 1.85 bits per heavy atom. The second kappa shape index (κ2) is 9.50. The number of pyridine rings is 1. The number of nitrogens with one attached hydrogen (secondary N) is 1. The van der Waals surface area contributed by atoms with Crippen molar-refractivity contribution in [3.63, 3.8) is 0 Å². The van der Waals surface area contributed by atoms with E-state index >= 15 is 0 Å². The van der Waals surface area contributed by atoms with Crippen LogP contribution in [0, 0.1) is 0 Å². The number of thioether (sulfide) groups is 1. The molecule has 0 atom stereocenters. The van der Waals surface area contributed by atoms with Gasteiger partial charge in [-0.05, 0) is 60.5 Å². The van der Waals surface area contributed by atoms with Gasteiger partial charge >= 0.3 is 0 Å². The fourth-order valence-corrected chi connectivity index (χ4v) is 4.70. The van der Waals surface area contributed by atoms with Gasteiger partial charge in [0.2, 0.25) is 5.91 Å². The molecule has 6 nitrogen and oxygen atoms in total. The molecule has 1 saturated heterocycles. The molecule has 0 bridgehead atoms. The molecule has 1 aliphatic rings. The van der Waals surface area contributed by atoms with Gasteiger partial charge in [0.25, 0.3) is 5.91 Å². The molecule has 2 amide bonds. The lowest BCUT2D eigenvalue weighted by atomic mass is 10.1. The first-order valence-electron chi connectivity index (χ1n) is 11.0. The second-order valence-electron chi connectivity index (χ2n) is 8.01. The van der Waals surface area contributed by atoms with E-state index in [1.165, 1.54) is 0 Å². The van der Waals surface area contributed by atoms with E-state index in [-0.39, 0.29) is 11.8 Å². The van der Waals surface area contributed by atoms with E-state index in [9.17, 15) is 9.59 Å². The smallest absolute Gasteiger partial charge is 0.251 e. The summed E-state index contributed by atoms with van der Waals surface area (Å²) in [6.07, 6.45) is 5.57. The summed E-state index contributed by atoms with van der Waals surface area (Å²) in [4.78, 5) is 31.9. The molecule has 166 valence electrons. The summed E-state index contributed by atoms with van der Waals surface area (Å²) >= 11 is 1.70. The summed E-state index contributed by atoms with van der Waals surface area (Å²) in [5, 5.41) is 2.97. The van der Waals surface area contributed by atoms with Gasteiger partial charge in [-0.2, -0.15) is 0 Å². The lowest BCUT2D eigenvalue weighted by Crippen LogP contribution is -2.24. The number of carbonyl (C=O) groups is 2. The monoisotopic (exact) mass is 456 g/mol. The lowest BCUT2D eigenvalue weighted by Gasteiger charge is -2.16. The highest BCUT2D eigenvalue weighted by atomic mass is 32.2. The molecule has 0 radical (unpaired) electrons. The van der Waals surface area contributed by atoms with Gasteiger partial charge in [-0.3, -0.25) is 9.59 Å². The molecule has 1 N–H and O–H groups in total. The van der Waals surface area contributed by atoms with E-state index in [1.807, 2.05) is 88.4 Å². The van der Waals surface area contributed by atoms with Crippen molar-refractivity contribution in [3.05, 3.63) is 95.9 Å². The Balaban J connectivity index is 1.13. The summed E-state index contributed by atoms with van der Waals surface area (Å²) in [5.74, 6) is 0.841. The lowest BCUT2D eigenvalue weighted by molar-refractivity contribution is -0.117. The summed E-state index contributed by atoms with van der Waals surface area (Å²) in [5.41, 5.74) is 4.52. The molecule has 2 aromatic heterocycles. The summed E-state index contributed by atoms with van der Waals surface area (Å²) in [6.45, 7) is 1.22. The van der Waals surface area contributed by atoms with Crippen LogP contribution in [0.5, 0.6) is 0 Å². The zero-order valence-corrected chi connectivity index (χ0v) is 18.9. The maximum Gasteiger partial charge on any atom is 0.251 e. The largest absolute Gasteiger partial charge is 0.348 e. The van der Waals surface area contributed by atoms with Crippen molar-refractivity contribution < 1.29 is 9.59 Å². The molecule has 0 saturated carbocycles. The van der Waals surface area contributed by atoms with Gasteiger partial charge in [0.15, 0.2) is 0 Å². The SMILES string of the molecule is O=C(NCc1ccc(N2CCCC2=O)cc1)c1ccc(SCc2cn3ccccc3n2)cc1. The number of fused-ring (bicyclic) bond motifs is 1. The maximum atomic E-state index is 12.5. The van der Waals surface area contributed by atoms with Gasteiger partial charge in [0, 0.05) is 53.8 Å². The number of rotatable bonds is 7. The molecule has 2 aromatic carbocycles. The minimum absolute atomic E-state index is 0.106. The Morgan fingerprint density at radius 1 is 1.03 bits per heavy atom. The molecule has 0 aliphatic carbocycles. The normalized spacial score (nSPS) is 13.6. The second-order valence-corrected chi connectivity index (χ2v) is 9.06. The topological polar surface area (TPSA) is 66.7 Å². The average Bonchev–Trinajstić information content (AvgIpc) is 3.47. The molecule has 0 unspecified atom stereocenters. The Labute approximate surface area is 196 Å². The summed E-state index contributed by atoms with van der Waals surface area (Å²) in [6, 6.07) is 21.4.